The Kier molecular flexibility index (Phi) is 4.64. The molecule has 5 heteroatoms. The van der Waals surface area contributed by atoms with Crippen molar-refractivity contribution in [1.29, 1.82) is 0 Å². The van der Waals surface area contributed by atoms with E-state index in [2.05, 4.69) is 5.32 Å². The van der Waals surface area contributed by atoms with E-state index in [0.29, 0.717) is 17.7 Å². The maximum atomic E-state index is 12.5. The number of carboxylic acid groups (broad SMARTS) is 1. The molecule has 28 heavy (non-hydrogen) atoms. The van der Waals surface area contributed by atoms with Crippen LogP contribution in [0.2, 0.25) is 0 Å². The van der Waals surface area contributed by atoms with E-state index in [1.54, 1.807) is 18.2 Å². The Morgan fingerprint density at radius 2 is 1.64 bits per heavy atom. The van der Waals surface area contributed by atoms with Gasteiger partial charge in [-0.05, 0) is 48.0 Å². The third kappa shape index (κ3) is 3.50. The van der Waals surface area contributed by atoms with Gasteiger partial charge in [0.25, 0.3) is 5.91 Å². The molecule has 4 aromatic rings. The Bertz CT molecular complexity index is 1160. The summed E-state index contributed by atoms with van der Waals surface area (Å²) in [5.74, 6) is -1.11. The van der Waals surface area contributed by atoms with Crippen molar-refractivity contribution >= 4 is 28.5 Å². The van der Waals surface area contributed by atoms with Crippen molar-refractivity contribution in [2.24, 2.45) is 0 Å². The predicted octanol–water partition coefficient (Wildman–Crippen LogP) is 4.64. The van der Waals surface area contributed by atoms with Gasteiger partial charge in [0.1, 0.15) is 0 Å². The fourth-order valence-electron chi connectivity index (χ4n) is 3.25. The highest BCUT2D eigenvalue weighted by molar-refractivity contribution is 6.06. The third-order valence-electron chi connectivity index (χ3n) is 4.65. The average molecular weight is 370 g/mol. The molecule has 2 N–H and O–H groups in total. The highest BCUT2D eigenvalue weighted by atomic mass is 16.4. The maximum Gasteiger partial charge on any atom is 0.336 e. The number of rotatable bonds is 5. The number of fused-ring (bicyclic) bond motifs is 1. The first-order valence-corrected chi connectivity index (χ1v) is 8.88. The van der Waals surface area contributed by atoms with Crippen LogP contribution in [-0.4, -0.2) is 21.6 Å². The Morgan fingerprint density at radius 3 is 2.43 bits per heavy atom. The molecule has 1 aromatic heterocycles. The number of hydrogen-bond acceptors (Lipinski definition) is 2. The van der Waals surface area contributed by atoms with Gasteiger partial charge in [-0.25, -0.2) is 4.79 Å². The minimum atomic E-state index is -0.938. The highest BCUT2D eigenvalue weighted by Gasteiger charge is 2.12. The maximum absolute atomic E-state index is 12.5. The van der Waals surface area contributed by atoms with Gasteiger partial charge in [-0.2, -0.15) is 0 Å². The first kappa shape index (κ1) is 17.5. The van der Waals surface area contributed by atoms with Crippen LogP contribution in [0.4, 0.5) is 5.69 Å². The van der Waals surface area contributed by atoms with Crippen LogP contribution in [0, 0.1) is 0 Å². The lowest BCUT2D eigenvalue weighted by molar-refractivity contribution is 0.0695. The van der Waals surface area contributed by atoms with E-state index in [4.69, 9.17) is 0 Å². The molecular weight excluding hydrogens is 352 g/mol. The van der Waals surface area contributed by atoms with E-state index < -0.39 is 5.97 Å². The quantitative estimate of drug-likeness (QED) is 0.538. The minimum absolute atomic E-state index is 0.169. The van der Waals surface area contributed by atoms with Crippen LogP contribution in [0.25, 0.3) is 10.9 Å². The van der Waals surface area contributed by atoms with E-state index >= 15 is 0 Å². The number of hydrogen-bond donors (Lipinski definition) is 2. The Morgan fingerprint density at radius 1 is 0.893 bits per heavy atom. The van der Waals surface area contributed by atoms with Crippen molar-refractivity contribution in [2.45, 2.75) is 6.54 Å². The molecule has 0 aliphatic carbocycles. The van der Waals surface area contributed by atoms with Crippen molar-refractivity contribution in [2.75, 3.05) is 5.32 Å². The van der Waals surface area contributed by atoms with Crippen molar-refractivity contribution in [3.05, 3.63) is 102 Å². The molecule has 0 saturated heterocycles. The normalized spacial score (nSPS) is 10.7. The van der Waals surface area contributed by atoms with E-state index in [0.717, 1.165) is 22.2 Å². The smallest absolute Gasteiger partial charge is 0.336 e. The molecule has 0 saturated carbocycles. The second kappa shape index (κ2) is 7.40. The fourth-order valence-corrected chi connectivity index (χ4v) is 3.25. The van der Waals surface area contributed by atoms with Gasteiger partial charge in [0.05, 0.1) is 5.56 Å². The monoisotopic (exact) mass is 370 g/mol. The second-order valence-corrected chi connectivity index (χ2v) is 6.50. The van der Waals surface area contributed by atoms with Crippen LogP contribution in [-0.2, 0) is 6.54 Å². The SMILES string of the molecule is O=C(Nc1ccccc1)c1ccc2c(ccn2Cc2ccccc2C(=O)O)c1. The zero-order chi connectivity index (χ0) is 19.5. The lowest BCUT2D eigenvalue weighted by Crippen LogP contribution is -2.11. The highest BCUT2D eigenvalue weighted by Crippen LogP contribution is 2.21. The van der Waals surface area contributed by atoms with Crippen molar-refractivity contribution in [3.63, 3.8) is 0 Å². The van der Waals surface area contributed by atoms with Gasteiger partial charge in [-0.1, -0.05) is 36.4 Å². The zero-order valence-corrected chi connectivity index (χ0v) is 15.0. The van der Waals surface area contributed by atoms with Crippen LogP contribution < -0.4 is 5.32 Å². The van der Waals surface area contributed by atoms with Crippen LogP contribution in [0.5, 0.6) is 0 Å². The van der Waals surface area contributed by atoms with Gasteiger partial charge in [-0.15, -0.1) is 0 Å². The predicted molar refractivity (Wildman–Crippen MR) is 109 cm³/mol. The van der Waals surface area contributed by atoms with Gasteiger partial charge in [0.2, 0.25) is 0 Å². The summed E-state index contributed by atoms with van der Waals surface area (Å²) in [7, 11) is 0. The molecule has 0 radical (unpaired) electrons. The Labute approximate surface area is 161 Å². The van der Waals surface area contributed by atoms with Crippen molar-refractivity contribution in [3.8, 4) is 0 Å². The summed E-state index contributed by atoms with van der Waals surface area (Å²) in [4.78, 5) is 23.9. The first-order chi connectivity index (χ1) is 13.6. The summed E-state index contributed by atoms with van der Waals surface area (Å²) in [5, 5.41) is 13.2. The zero-order valence-electron chi connectivity index (χ0n) is 15.0. The van der Waals surface area contributed by atoms with E-state index in [9.17, 15) is 14.7 Å². The molecule has 138 valence electrons. The number of nitrogens with one attached hydrogen (secondary N) is 1. The standard InChI is InChI=1S/C23H18N2O3/c26-22(24-19-7-2-1-3-8-19)17-10-11-21-16(14-17)12-13-25(21)15-18-6-4-5-9-20(18)23(27)28/h1-14H,15H2,(H,24,26)(H,27,28). The number of anilines is 1. The number of para-hydroxylation sites is 1. The molecule has 0 fully saturated rings. The number of amides is 1. The Balaban J connectivity index is 1.60. The van der Waals surface area contributed by atoms with Gasteiger partial charge in [0.15, 0.2) is 0 Å². The molecule has 0 unspecified atom stereocenters. The van der Waals surface area contributed by atoms with E-state index in [1.165, 1.54) is 0 Å². The van der Waals surface area contributed by atoms with E-state index in [-0.39, 0.29) is 5.91 Å². The summed E-state index contributed by atoms with van der Waals surface area (Å²) in [6, 6.07) is 23.7. The summed E-state index contributed by atoms with van der Waals surface area (Å²) >= 11 is 0. The molecule has 0 atom stereocenters. The average Bonchev–Trinajstić information content (AvgIpc) is 3.11. The van der Waals surface area contributed by atoms with Crippen LogP contribution >= 0.6 is 0 Å². The third-order valence-corrected chi connectivity index (χ3v) is 4.65. The molecule has 0 aliphatic heterocycles. The molecule has 0 aliphatic rings. The number of carbonyl (C=O) groups excluding carboxylic acids is 1. The number of carbonyl (C=O) groups is 2. The van der Waals surface area contributed by atoms with Gasteiger partial charge in [0, 0.05) is 34.9 Å². The summed E-state index contributed by atoms with van der Waals surface area (Å²) in [5.41, 5.74) is 3.29. The Hall–Kier alpha value is -3.86. The molecule has 0 spiro atoms. The lowest BCUT2D eigenvalue weighted by atomic mass is 10.1. The lowest BCUT2D eigenvalue weighted by Gasteiger charge is -2.09. The first-order valence-electron chi connectivity index (χ1n) is 8.88. The van der Waals surface area contributed by atoms with Crippen molar-refractivity contribution in [1.82, 2.24) is 4.57 Å². The van der Waals surface area contributed by atoms with Gasteiger partial charge < -0.3 is 15.0 Å². The topological polar surface area (TPSA) is 71.3 Å². The molecule has 5 nitrogen and oxygen atoms in total. The molecule has 1 heterocycles. The summed E-state index contributed by atoms with van der Waals surface area (Å²) < 4.78 is 1.98. The van der Waals surface area contributed by atoms with E-state index in [1.807, 2.05) is 71.4 Å². The largest absolute Gasteiger partial charge is 0.478 e. The summed E-state index contributed by atoms with van der Waals surface area (Å²) in [6.45, 7) is 0.446. The molecule has 0 bridgehead atoms. The second-order valence-electron chi connectivity index (χ2n) is 6.50. The minimum Gasteiger partial charge on any atom is -0.478 e. The molecule has 4 rings (SSSR count). The fraction of sp³-hybridized carbons (Fsp3) is 0.0435. The van der Waals surface area contributed by atoms with Gasteiger partial charge >= 0.3 is 5.97 Å². The summed E-state index contributed by atoms with van der Waals surface area (Å²) in [6.07, 6.45) is 1.90. The number of aromatic carboxylic acids is 1. The van der Waals surface area contributed by atoms with Gasteiger partial charge in [-0.3, -0.25) is 4.79 Å². The number of benzene rings is 3. The molecule has 1 amide bonds. The van der Waals surface area contributed by atoms with Crippen LogP contribution in [0.3, 0.4) is 0 Å². The molecular formula is C23H18N2O3. The van der Waals surface area contributed by atoms with Crippen LogP contribution in [0.15, 0.2) is 85.1 Å². The number of nitrogens with zero attached hydrogens (tertiary/aromatic N) is 1. The van der Waals surface area contributed by atoms with Crippen molar-refractivity contribution < 1.29 is 14.7 Å². The number of carboxylic acids is 1. The number of aromatic nitrogens is 1. The molecule has 3 aromatic carbocycles. The van der Waals surface area contributed by atoms with Crippen LogP contribution in [0.1, 0.15) is 26.3 Å².